The zero-order valence-electron chi connectivity index (χ0n) is 13.6. The number of nitriles is 1. The van der Waals surface area contributed by atoms with E-state index in [2.05, 4.69) is 15.6 Å². The summed E-state index contributed by atoms with van der Waals surface area (Å²) < 4.78 is 0. The van der Waals surface area contributed by atoms with Crippen molar-refractivity contribution in [2.45, 2.75) is 47.3 Å². The molecule has 2 N–H and O–H groups in total. The molecule has 2 bridgehead atoms. The van der Waals surface area contributed by atoms with Crippen LogP contribution in [0.2, 0.25) is 0 Å². The number of pyridine rings is 1. The van der Waals surface area contributed by atoms with Crippen LogP contribution in [0.5, 0.6) is 0 Å². The molecular weight excluding hydrogens is 332 g/mol. The minimum atomic E-state index is -0.0134. The third-order valence-electron chi connectivity index (χ3n) is 4.79. The van der Waals surface area contributed by atoms with Gasteiger partial charge in [-0.3, -0.25) is 4.79 Å². The number of rotatable bonds is 4. The van der Waals surface area contributed by atoms with Gasteiger partial charge >= 0.3 is 0 Å². The topological polar surface area (TPSA) is 77.8 Å². The quantitative estimate of drug-likeness (QED) is 0.886. The summed E-state index contributed by atoms with van der Waals surface area (Å²) in [4.78, 5) is 17.7. The van der Waals surface area contributed by atoms with Crippen LogP contribution in [0.1, 0.15) is 35.3 Å². The van der Waals surface area contributed by atoms with E-state index < -0.39 is 0 Å². The molecule has 2 saturated heterocycles. The highest BCUT2D eigenvalue weighted by Gasteiger charge is 2.39. The molecule has 1 aromatic heterocycles. The Balaban J connectivity index is 1.39. The smallest absolute Gasteiger partial charge is 0.251 e. The molecule has 25 heavy (non-hydrogen) atoms. The molecule has 2 aliphatic heterocycles. The van der Waals surface area contributed by atoms with Crippen LogP contribution < -0.4 is 10.6 Å². The lowest BCUT2D eigenvalue weighted by Crippen LogP contribution is -2.42. The molecular formula is C19H18N4OS. The predicted octanol–water partition coefficient (Wildman–Crippen LogP) is 2.73. The van der Waals surface area contributed by atoms with E-state index in [1.807, 2.05) is 42.5 Å². The SMILES string of the molecule is N#Cc1cccc(Sc2ccc(C(=O)NC3CC4CCC3N4)cc2)n1. The summed E-state index contributed by atoms with van der Waals surface area (Å²) in [5, 5.41) is 16.4. The van der Waals surface area contributed by atoms with Gasteiger partial charge in [0.1, 0.15) is 16.8 Å². The Morgan fingerprint density at radius 3 is 2.76 bits per heavy atom. The summed E-state index contributed by atoms with van der Waals surface area (Å²) in [6, 6.07) is 16.2. The van der Waals surface area contributed by atoms with Gasteiger partial charge in [0, 0.05) is 28.6 Å². The number of fused-ring (bicyclic) bond motifs is 2. The summed E-state index contributed by atoms with van der Waals surface area (Å²) >= 11 is 1.48. The second-order valence-electron chi connectivity index (χ2n) is 6.46. The van der Waals surface area contributed by atoms with Crippen molar-refractivity contribution in [3.8, 4) is 6.07 Å². The standard InChI is InChI=1S/C19H18N4OS/c20-11-14-2-1-3-18(22-14)25-15-7-4-12(5-8-15)19(24)23-17-10-13-6-9-16(17)21-13/h1-5,7-8,13,16-17,21H,6,9-10H2,(H,23,24). The molecule has 4 rings (SSSR count). The molecule has 2 fully saturated rings. The van der Waals surface area contributed by atoms with Gasteiger partial charge in [0.05, 0.1) is 0 Å². The molecule has 2 aliphatic rings. The fourth-order valence-corrected chi connectivity index (χ4v) is 4.37. The van der Waals surface area contributed by atoms with E-state index in [-0.39, 0.29) is 11.9 Å². The molecule has 0 spiro atoms. The largest absolute Gasteiger partial charge is 0.348 e. The van der Waals surface area contributed by atoms with Crippen LogP contribution in [-0.4, -0.2) is 29.0 Å². The van der Waals surface area contributed by atoms with Crippen molar-refractivity contribution < 1.29 is 4.79 Å². The normalized spacial score (nSPS) is 24.0. The molecule has 3 unspecified atom stereocenters. The van der Waals surface area contributed by atoms with Crippen LogP contribution in [0.15, 0.2) is 52.4 Å². The van der Waals surface area contributed by atoms with E-state index in [9.17, 15) is 4.79 Å². The van der Waals surface area contributed by atoms with Gasteiger partial charge in [0.15, 0.2) is 0 Å². The molecule has 0 radical (unpaired) electrons. The highest BCUT2D eigenvalue weighted by atomic mass is 32.2. The summed E-state index contributed by atoms with van der Waals surface area (Å²) in [6.07, 6.45) is 3.41. The number of benzene rings is 1. The highest BCUT2D eigenvalue weighted by Crippen LogP contribution is 2.29. The molecule has 5 nitrogen and oxygen atoms in total. The van der Waals surface area contributed by atoms with Crippen LogP contribution >= 0.6 is 11.8 Å². The number of hydrogen-bond acceptors (Lipinski definition) is 5. The van der Waals surface area contributed by atoms with Gasteiger partial charge in [-0.1, -0.05) is 17.8 Å². The Labute approximate surface area is 150 Å². The molecule has 3 atom stereocenters. The number of aromatic nitrogens is 1. The maximum absolute atomic E-state index is 12.4. The van der Waals surface area contributed by atoms with Gasteiger partial charge in [-0.2, -0.15) is 5.26 Å². The summed E-state index contributed by atoms with van der Waals surface area (Å²) in [5.74, 6) is -0.0134. The van der Waals surface area contributed by atoms with Crippen molar-refractivity contribution in [3.63, 3.8) is 0 Å². The summed E-state index contributed by atoms with van der Waals surface area (Å²) in [5.41, 5.74) is 1.08. The van der Waals surface area contributed by atoms with Gasteiger partial charge in [0.2, 0.25) is 0 Å². The average Bonchev–Trinajstić information content (AvgIpc) is 3.25. The van der Waals surface area contributed by atoms with E-state index in [1.165, 1.54) is 18.2 Å². The lowest BCUT2D eigenvalue weighted by Gasteiger charge is -2.21. The Morgan fingerprint density at radius 1 is 1.24 bits per heavy atom. The molecule has 6 heteroatoms. The van der Waals surface area contributed by atoms with Crippen molar-refractivity contribution in [2.75, 3.05) is 0 Å². The van der Waals surface area contributed by atoms with Crippen molar-refractivity contribution in [2.24, 2.45) is 0 Å². The first-order valence-corrected chi connectivity index (χ1v) is 9.25. The minimum Gasteiger partial charge on any atom is -0.348 e. The lowest BCUT2D eigenvalue weighted by molar-refractivity contribution is 0.0931. The Bertz CT molecular complexity index is 830. The molecule has 1 amide bonds. The summed E-state index contributed by atoms with van der Waals surface area (Å²) in [7, 11) is 0. The number of carbonyl (C=O) groups is 1. The van der Waals surface area contributed by atoms with Crippen LogP contribution in [0.25, 0.3) is 0 Å². The highest BCUT2D eigenvalue weighted by molar-refractivity contribution is 7.99. The van der Waals surface area contributed by atoms with E-state index in [1.54, 1.807) is 6.07 Å². The second-order valence-corrected chi connectivity index (χ2v) is 7.56. The maximum atomic E-state index is 12.4. The number of nitrogens with one attached hydrogen (secondary N) is 2. The van der Waals surface area contributed by atoms with E-state index in [0.29, 0.717) is 23.3 Å². The van der Waals surface area contributed by atoms with Crippen molar-refractivity contribution >= 4 is 17.7 Å². The maximum Gasteiger partial charge on any atom is 0.251 e. The first-order chi connectivity index (χ1) is 12.2. The predicted molar refractivity (Wildman–Crippen MR) is 95.3 cm³/mol. The molecule has 126 valence electrons. The first-order valence-electron chi connectivity index (χ1n) is 8.43. The Hall–Kier alpha value is -2.36. The van der Waals surface area contributed by atoms with Crippen LogP contribution in [0.4, 0.5) is 0 Å². The first kappa shape index (κ1) is 16.1. The van der Waals surface area contributed by atoms with Gasteiger partial charge in [-0.05, 0) is 55.7 Å². The zero-order valence-corrected chi connectivity index (χ0v) is 14.4. The van der Waals surface area contributed by atoms with E-state index in [4.69, 9.17) is 5.26 Å². The molecule has 2 aromatic rings. The second kappa shape index (κ2) is 6.87. The van der Waals surface area contributed by atoms with Crippen LogP contribution in [-0.2, 0) is 0 Å². The monoisotopic (exact) mass is 350 g/mol. The van der Waals surface area contributed by atoms with Gasteiger partial charge in [-0.25, -0.2) is 4.98 Å². The molecule has 0 saturated carbocycles. The third kappa shape index (κ3) is 3.53. The van der Waals surface area contributed by atoms with Crippen molar-refractivity contribution in [1.82, 2.24) is 15.6 Å². The Kier molecular flexibility index (Phi) is 4.43. The minimum absolute atomic E-state index is 0.0134. The van der Waals surface area contributed by atoms with Crippen LogP contribution in [0, 0.1) is 11.3 Å². The summed E-state index contributed by atoms with van der Waals surface area (Å²) in [6.45, 7) is 0. The Morgan fingerprint density at radius 2 is 2.08 bits per heavy atom. The van der Waals surface area contributed by atoms with Crippen LogP contribution in [0.3, 0.4) is 0 Å². The number of hydrogen-bond donors (Lipinski definition) is 2. The average molecular weight is 350 g/mol. The van der Waals surface area contributed by atoms with E-state index >= 15 is 0 Å². The lowest BCUT2D eigenvalue weighted by atomic mass is 9.95. The molecule has 3 heterocycles. The zero-order chi connectivity index (χ0) is 17.2. The fraction of sp³-hybridized carbons (Fsp3) is 0.316. The van der Waals surface area contributed by atoms with E-state index in [0.717, 1.165) is 22.8 Å². The third-order valence-corrected chi connectivity index (χ3v) is 5.74. The molecule has 0 aliphatic carbocycles. The van der Waals surface area contributed by atoms with Gasteiger partial charge < -0.3 is 10.6 Å². The van der Waals surface area contributed by atoms with Gasteiger partial charge in [-0.15, -0.1) is 0 Å². The van der Waals surface area contributed by atoms with Crippen molar-refractivity contribution in [1.29, 1.82) is 5.26 Å². The fourth-order valence-electron chi connectivity index (χ4n) is 3.56. The number of amides is 1. The van der Waals surface area contributed by atoms with Crippen molar-refractivity contribution in [3.05, 3.63) is 53.7 Å². The number of carbonyl (C=O) groups excluding carboxylic acids is 1. The molecule has 1 aromatic carbocycles. The number of nitrogens with zero attached hydrogens (tertiary/aromatic N) is 2. The van der Waals surface area contributed by atoms with Gasteiger partial charge in [0.25, 0.3) is 5.91 Å².